The second-order valence-corrected chi connectivity index (χ2v) is 12.2. The summed E-state index contributed by atoms with van der Waals surface area (Å²) in [5.41, 5.74) is 1.80. The summed E-state index contributed by atoms with van der Waals surface area (Å²) >= 11 is 5.78. The molecule has 0 fully saturated rings. The normalized spacial score (nSPS) is 11.8. The number of hydrogen-bond donors (Lipinski definition) is 4. The number of hydrogen-bond acceptors (Lipinski definition) is 9. The molecule has 13 heteroatoms. The van der Waals surface area contributed by atoms with Gasteiger partial charge < -0.3 is 30.4 Å². The van der Waals surface area contributed by atoms with E-state index in [0.717, 1.165) is 10.9 Å². The van der Waals surface area contributed by atoms with Gasteiger partial charge in [-0.3, -0.25) is 4.79 Å². The van der Waals surface area contributed by atoms with Gasteiger partial charge in [0.05, 0.1) is 52.8 Å². The standard InChI is InChI=1S/C23H26FN5O2.C11H15ClN2O2/c1-14(2)28-18-10-21(29-8-7-16-9-15(11-25)5-6-19(16)29)26-12-17(18)22(30)27-13-20(24)23(3,4)31;1-4-16-11(15)8-6-13-10(12)5-9(8)14-7(2)3/h5-10,12,14,20,31H,13H2,1-4H3,(H,26,28)(H,27,30);5-7H,4H2,1-3H3,(H,13,14)/t20-;/m1./s1. The monoisotopic (exact) mass is 665 g/mol. The second-order valence-electron chi connectivity index (χ2n) is 11.9. The number of ether oxygens (including phenoxy) is 1. The van der Waals surface area contributed by atoms with E-state index in [1.165, 1.54) is 26.2 Å². The number of aromatic nitrogens is 3. The van der Waals surface area contributed by atoms with Crippen molar-refractivity contribution in [1.82, 2.24) is 19.9 Å². The molecule has 1 atom stereocenters. The smallest absolute Gasteiger partial charge is 0.341 e. The second kappa shape index (κ2) is 16.2. The van der Waals surface area contributed by atoms with Gasteiger partial charge in [0.15, 0.2) is 0 Å². The molecular formula is C34H41ClFN7O4. The molecule has 4 rings (SSSR count). The molecule has 0 aliphatic rings. The number of anilines is 2. The Morgan fingerprint density at radius 1 is 1.04 bits per heavy atom. The van der Waals surface area contributed by atoms with Gasteiger partial charge in [0, 0.05) is 42.1 Å². The third-order valence-electron chi connectivity index (χ3n) is 6.66. The van der Waals surface area contributed by atoms with Crippen LogP contribution in [0.25, 0.3) is 16.7 Å². The van der Waals surface area contributed by atoms with Gasteiger partial charge in [-0.25, -0.2) is 19.2 Å². The molecule has 4 N–H and O–H groups in total. The van der Waals surface area contributed by atoms with Crippen molar-refractivity contribution in [1.29, 1.82) is 5.26 Å². The molecule has 1 amide bonds. The molecule has 4 aromatic rings. The Morgan fingerprint density at radius 2 is 1.68 bits per heavy atom. The summed E-state index contributed by atoms with van der Waals surface area (Å²) in [5, 5.41) is 29.0. The zero-order chi connectivity index (χ0) is 34.9. The quantitative estimate of drug-likeness (QED) is 0.107. The lowest BCUT2D eigenvalue weighted by Gasteiger charge is -2.23. The number of rotatable bonds is 11. The maximum atomic E-state index is 14.0. The Bertz CT molecular complexity index is 1740. The first-order valence-corrected chi connectivity index (χ1v) is 15.5. The van der Waals surface area contributed by atoms with Crippen LogP contribution in [0.2, 0.25) is 5.15 Å². The number of carbonyl (C=O) groups is 2. The minimum atomic E-state index is -1.60. The van der Waals surface area contributed by atoms with E-state index in [0.29, 0.717) is 40.1 Å². The molecule has 47 heavy (non-hydrogen) atoms. The van der Waals surface area contributed by atoms with Gasteiger partial charge in [-0.2, -0.15) is 5.26 Å². The van der Waals surface area contributed by atoms with Crippen molar-refractivity contribution in [2.45, 2.75) is 72.3 Å². The summed E-state index contributed by atoms with van der Waals surface area (Å²) in [6.07, 6.45) is 3.12. The Labute approximate surface area is 279 Å². The number of aliphatic hydroxyl groups is 1. The number of carbonyl (C=O) groups excluding carboxylic acids is 2. The van der Waals surface area contributed by atoms with E-state index in [1.807, 2.05) is 50.6 Å². The summed E-state index contributed by atoms with van der Waals surface area (Å²) < 4.78 is 20.8. The largest absolute Gasteiger partial charge is 0.462 e. The third-order valence-corrected chi connectivity index (χ3v) is 6.87. The average molecular weight is 666 g/mol. The highest BCUT2D eigenvalue weighted by molar-refractivity contribution is 6.29. The van der Waals surface area contributed by atoms with Gasteiger partial charge in [0.1, 0.15) is 22.7 Å². The van der Waals surface area contributed by atoms with Crippen LogP contribution in [-0.4, -0.2) is 68.5 Å². The number of nitrogens with zero attached hydrogens (tertiary/aromatic N) is 4. The van der Waals surface area contributed by atoms with Gasteiger partial charge in [0.25, 0.3) is 5.91 Å². The number of amides is 1. The van der Waals surface area contributed by atoms with Crippen molar-refractivity contribution in [3.63, 3.8) is 0 Å². The number of benzene rings is 1. The molecule has 0 saturated heterocycles. The highest BCUT2D eigenvalue weighted by atomic mass is 35.5. The van der Waals surface area contributed by atoms with Crippen LogP contribution in [0.5, 0.6) is 0 Å². The van der Waals surface area contributed by atoms with E-state index >= 15 is 0 Å². The van der Waals surface area contributed by atoms with Crippen LogP contribution >= 0.6 is 11.6 Å². The SMILES string of the molecule is CC(C)Nc1cc(-n2ccc3cc(C#N)ccc32)ncc1C(=O)NC[C@@H](F)C(C)(C)O.CCOC(=O)c1cnc(Cl)cc1NC(C)C. The van der Waals surface area contributed by atoms with Crippen molar-refractivity contribution in [2.24, 2.45) is 0 Å². The topological polar surface area (TPSA) is 154 Å². The fraction of sp³-hybridized carbons (Fsp3) is 0.382. The summed E-state index contributed by atoms with van der Waals surface area (Å²) in [4.78, 5) is 32.6. The number of nitrogens with one attached hydrogen (secondary N) is 3. The van der Waals surface area contributed by atoms with Crippen molar-refractivity contribution >= 4 is 45.8 Å². The molecule has 0 spiro atoms. The average Bonchev–Trinajstić information content (AvgIpc) is 3.42. The van der Waals surface area contributed by atoms with Crippen LogP contribution in [0, 0.1) is 11.3 Å². The van der Waals surface area contributed by atoms with Crippen LogP contribution < -0.4 is 16.0 Å². The Hall–Kier alpha value is -4.73. The highest BCUT2D eigenvalue weighted by Crippen LogP contribution is 2.25. The lowest BCUT2D eigenvalue weighted by molar-refractivity contribution is -0.00178. The first-order valence-electron chi connectivity index (χ1n) is 15.2. The van der Waals surface area contributed by atoms with E-state index in [2.05, 4.69) is 32.0 Å². The molecule has 0 saturated carbocycles. The molecule has 1 aromatic carbocycles. The zero-order valence-electron chi connectivity index (χ0n) is 27.6. The lowest BCUT2D eigenvalue weighted by atomic mass is 10.0. The first-order chi connectivity index (χ1) is 22.1. The van der Waals surface area contributed by atoms with Crippen LogP contribution in [0.4, 0.5) is 15.8 Å². The molecule has 0 aliphatic heterocycles. The maximum Gasteiger partial charge on any atom is 0.341 e. The molecule has 0 unspecified atom stereocenters. The Morgan fingerprint density at radius 3 is 2.28 bits per heavy atom. The van der Waals surface area contributed by atoms with E-state index in [9.17, 15) is 19.1 Å². The van der Waals surface area contributed by atoms with Gasteiger partial charge in [-0.1, -0.05) is 11.6 Å². The molecular weight excluding hydrogens is 625 g/mol. The van der Waals surface area contributed by atoms with Crippen molar-refractivity contribution in [2.75, 3.05) is 23.8 Å². The predicted octanol–water partition coefficient (Wildman–Crippen LogP) is 6.29. The van der Waals surface area contributed by atoms with E-state index in [-0.39, 0.29) is 24.2 Å². The molecule has 11 nitrogen and oxygen atoms in total. The minimum absolute atomic E-state index is 0.0479. The molecule has 250 valence electrons. The summed E-state index contributed by atoms with van der Waals surface area (Å²) in [7, 11) is 0. The van der Waals surface area contributed by atoms with Gasteiger partial charge in [-0.05, 0) is 78.8 Å². The van der Waals surface area contributed by atoms with Crippen LogP contribution in [0.3, 0.4) is 0 Å². The van der Waals surface area contributed by atoms with E-state index < -0.39 is 23.6 Å². The molecule has 3 heterocycles. The summed E-state index contributed by atoms with van der Waals surface area (Å²) in [6.45, 7) is 12.3. The predicted molar refractivity (Wildman–Crippen MR) is 182 cm³/mol. The van der Waals surface area contributed by atoms with Crippen LogP contribution in [-0.2, 0) is 4.74 Å². The highest BCUT2D eigenvalue weighted by Gasteiger charge is 2.27. The van der Waals surface area contributed by atoms with Crippen molar-refractivity contribution in [3.05, 3.63) is 76.8 Å². The number of halogens is 2. The zero-order valence-corrected chi connectivity index (χ0v) is 28.3. The van der Waals surface area contributed by atoms with Gasteiger partial charge >= 0.3 is 5.97 Å². The van der Waals surface area contributed by atoms with Crippen LogP contribution in [0.1, 0.15) is 74.7 Å². The van der Waals surface area contributed by atoms with Crippen molar-refractivity contribution < 1.29 is 23.8 Å². The number of pyridine rings is 2. The fourth-order valence-electron chi connectivity index (χ4n) is 4.36. The third kappa shape index (κ3) is 10.1. The van der Waals surface area contributed by atoms with E-state index in [1.54, 1.807) is 31.2 Å². The molecule has 0 radical (unpaired) electrons. The number of fused-ring (bicyclic) bond motifs is 1. The fourth-order valence-corrected chi connectivity index (χ4v) is 4.52. The number of alkyl halides is 1. The number of esters is 1. The summed E-state index contributed by atoms with van der Waals surface area (Å²) in [5.74, 6) is -0.279. The van der Waals surface area contributed by atoms with Gasteiger partial charge in [0.2, 0.25) is 0 Å². The van der Waals surface area contributed by atoms with Crippen LogP contribution in [0.15, 0.2) is 55.0 Å². The van der Waals surface area contributed by atoms with Crippen molar-refractivity contribution in [3.8, 4) is 11.9 Å². The lowest BCUT2D eigenvalue weighted by Crippen LogP contribution is -2.42. The first kappa shape index (κ1) is 36.7. The minimum Gasteiger partial charge on any atom is -0.462 e. The molecule has 0 aliphatic carbocycles. The molecule has 3 aromatic heterocycles. The maximum absolute atomic E-state index is 14.0. The Kier molecular flexibility index (Phi) is 12.7. The number of nitriles is 1. The van der Waals surface area contributed by atoms with Gasteiger partial charge in [-0.15, -0.1) is 0 Å². The van der Waals surface area contributed by atoms with E-state index in [4.69, 9.17) is 21.6 Å². The molecule has 0 bridgehead atoms. The Balaban J connectivity index is 0.000000316. The summed E-state index contributed by atoms with van der Waals surface area (Å²) in [6, 6.07) is 13.0.